The number of aliphatic imine (C=N–C) groups is 2. The van der Waals surface area contributed by atoms with Crippen LogP contribution < -0.4 is 10.6 Å². The number of amidine groups is 1. The van der Waals surface area contributed by atoms with Crippen molar-refractivity contribution in [3.05, 3.63) is 85.2 Å². The van der Waals surface area contributed by atoms with Gasteiger partial charge in [0.25, 0.3) is 0 Å². The summed E-state index contributed by atoms with van der Waals surface area (Å²) >= 11 is 6.18. The van der Waals surface area contributed by atoms with E-state index in [-0.39, 0.29) is 11.4 Å². The van der Waals surface area contributed by atoms with Crippen molar-refractivity contribution in [1.29, 1.82) is 0 Å². The minimum Gasteiger partial charge on any atom is -0.493 e. The van der Waals surface area contributed by atoms with E-state index in [0.717, 1.165) is 50.5 Å². The topological polar surface area (TPSA) is 73.7 Å². The minimum atomic E-state index is -0.00159. The van der Waals surface area contributed by atoms with Crippen molar-refractivity contribution in [3.8, 4) is 0 Å². The molecule has 2 N–H and O–H groups in total. The van der Waals surface area contributed by atoms with E-state index >= 15 is 0 Å². The maximum atomic E-state index is 6.18. The molecule has 0 fully saturated rings. The van der Waals surface area contributed by atoms with Crippen LogP contribution in [-0.2, 0) is 9.47 Å². The zero-order valence-electron chi connectivity index (χ0n) is 24.9. The highest BCUT2D eigenvalue weighted by Gasteiger charge is 2.08. The zero-order chi connectivity index (χ0) is 29.4. The Labute approximate surface area is 247 Å². The Hall–Kier alpha value is -2.91. The first-order valence-electron chi connectivity index (χ1n) is 13.8. The van der Waals surface area contributed by atoms with Crippen molar-refractivity contribution in [2.24, 2.45) is 15.9 Å². The molecular weight excluding hydrogens is 524 g/mol. The molecule has 0 aliphatic carbocycles. The molecule has 1 aliphatic rings. The maximum Gasteiger partial charge on any atom is 0.115 e. The van der Waals surface area contributed by atoms with Gasteiger partial charge in [0.1, 0.15) is 11.6 Å². The highest BCUT2D eigenvalue weighted by atomic mass is 35.5. The molecule has 2 unspecified atom stereocenters. The molecule has 2 atom stereocenters. The number of ether oxygens (including phenoxy) is 2. The summed E-state index contributed by atoms with van der Waals surface area (Å²) in [7, 11) is 7.65. The molecule has 1 aliphatic heterocycles. The SMILES string of the molecule is C=C(/C=C\C(=C/CC)OCC1C=CC=CN=C1)N=C(CCNC/C=C/N/C=C/CC(Cl)N(C)C)N(C)CCOC. The Kier molecular flexibility index (Phi) is 20.1. The van der Waals surface area contributed by atoms with Gasteiger partial charge in [0.05, 0.1) is 24.4 Å². The summed E-state index contributed by atoms with van der Waals surface area (Å²) in [6, 6.07) is 0. The first-order valence-corrected chi connectivity index (χ1v) is 14.2. The van der Waals surface area contributed by atoms with Crippen LogP contribution in [-0.4, -0.2) is 88.5 Å². The number of rotatable bonds is 20. The monoisotopic (exact) mass is 572 g/mol. The van der Waals surface area contributed by atoms with Gasteiger partial charge in [-0.2, -0.15) is 0 Å². The largest absolute Gasteiger partial charge is 0.493 e. The van der Waals surface area contributed by atoms with Crippen LogP contribution in [0.4, 0.5) is 0 Å². The van der Waals surface area contributed by atoms with Gasteiger partial charge in [0.2, 0.25) is 0 Å². The Balaban J connectivity index is 2.60. The van der Waals surface area contributed by atoms with Gasteiger partial charge < -0.3 is 25.0 Å². The predicted molar refractivity (Wildman–Crippen MR) is 172 cm³/mol. The molecule has 0 amide bonds. The predicted octanol–water partition coefficient (Wildman–Crippen LogP) is 5.23. The van der Waals surface area contributed by atoms with Crippen LogP contribution in [0.25, 0.3) is 0 Å². The van der Waals surface area contributed by atoms with Gasteiger partial charge in [-0.05, 0) is 63.6 Å². The highest BCUT2D eigenvalue weighted by Crippen LogP contribution is 2.10. The number of allylic oxidation sites excluding steroid dienone is 5. The van der Waals surface area contributed by atoms with Crippen molar-refractivity contribution in [3.63, 3.8) is 0 Å². The molecule has 0 bridgehead atoms. The van der Waals surface area contributed by atoms with E-state index < -0.39 is 0 Å². The Bertz CT molecular complexity index is 933. The van der Waals surface area contributed by atoms with Crippen molar-refractivity contribution < 1.29 is 9.47 Å². The summed E-state index contributed by atoms with van der Waals surface area (Å²) < 4.78 is 11.3. The van der Waals surface area contributed by atoms with Crippen molar-refractivity contribution in [2.75, 3.05) is 61.1 Å². The molecule has 1 rings (SSSR count). The number of nitrogens with zero attached hydrogens (tertiary/aromatic N) is 4. The molecule has 9 heteroatoms. The summed E-state index contributed by atoms with van der Waals surface area (Å²) in [5.41, 5.74) is 0.660. The lowest BCUT2D eigenvalue weighted by molar-refractivity contribution is 0.182. The summed E-state index contributed by atoms with van der Waals surface area (Å²) in [5.74, 6) is 1.87. The van der Waals surface area contributed by atoms with E-state index in [1.54, 1.807) is 13.3 Å². The molecule has 0 aromatic rings. The first-order chi connectivity index (χ1) is 19.4. The van der Waals surface area contributed by atoms with Gasteiger partial charge in [-0.1, -0.05) is 37.8 Å². The quantitative estimate of drug-likeness (QED) is 0.0396. The van der Waals surface area contributed by atoms with Gasteiger partial charge in [-0.25, -0.2) is 4.99 Å². The fourth-order valence-electron chi connectivity index (χ4n) is 3.28. The number of hydrogen-bond acceptors (Lipinski definition) is 7. The summed E-state index contributed by atoms with van der Waals surface area (Å²) in [6.07, 6.45) is 25.8. The van der Waals surface area contributed by atoms with Crippen LogP contribution in [0.3, 0.4) is 0 Å². The second kappa shape index (κ2) is 22.9. The third-order valence-electron chi connectivity index (χ3n) is 5.66. The van der Waals surface area contributed by atoms with Crippen LogP contribution in [0.2, 0.25) is 0 Å². The number of methoxy groups -OCH3 is 1. The van der Waals surface area contributed by atoms with Crippen molar-refractivity contribution >= 4 is 23.7 Å². The maximum absolute atomic E-state index is 6.18. The van der Waals surface area contributed by atoms with Gasteiger partial charge in [-0.15, -0.1) is 11.6 Å². The van der Waals surface area contributed by atoms with Crippen LogP contribution >= 0.6 is 11.6 Å². The summed E-state index contributed by atoms with van der Waals surface area (Å²) in [4.78, 5) is 13.1. The number of halogens is 1. The first kappa shape index (κ1) is 35.1. The van der Waals surface area contributed by atoms with E-state index in [2.05, 4.69) is 46.2 Å². The molecule has 0 radical (unpaired) electrons. The third-order valence-corrected chi connectivity index (χ3v) is 6.23. The lowest BCUT2D eigenvalue weighted by atomic mass is 10.1. The van der Waals surface area contributed by atoms with Crippen LogP contribution in [0.5, 0.6) is 0 Å². The van der Waals surface area contributed by atoms with Crippen molar-refractivity contribution in [1.82, 2.24) is 20.4 Å². The molecule has 1 heterocycles. The molecule has 222 valence electrons. The van der Waals surface area contributed by atoms with E-state index in [4.69, 9.17) is 26.1 Å². The minimum absolute atomic E-state index is 0.00159. The molecule has 0 saturated heterocycles. The van der Waals surface area contributed by atoms with Crippen LogP contribution in [0, 0.1) is 5.92 Å². The molecule has 0 saturated carbocycles. The summed E-state index contributed by atoms with van der Waals surface area (Å²) in [5, 5.41) is 6.57. The highest BCUT2D eigenvalue weighted by molar-refractivity contribution is 6.20. The second-order valence-electron chi connectivity index (χ2n) is 9.34. The second-order valence-corrected chi connectivity index (χ2v) is 9.84. The average molecular weight is 573 g/mol. The number of alkyl halides is 1. The van der Waals surface area contributed by atoms with Gasteiger partial charge in [-0.3, -0.25) is 9.89 Å². The van der Waals surface area contributed by atoms with E-state index in [9.17, 15) is 0 Å². The summed E-state index contributed by atoms with van der Waals surface area (Å²) in [6.45, 7) is 9.65. The third kappa shape index (κ3) is 17.6. The Morgan fingerprint density at radius 2 is 2.00 bits per heavy atom. The fraction of sp³-hybridized carbons (Fsp3) is 0.484. The molecular formula is C31H49ClN6O2. The van der Waals surface area contributed by atoms with Crippen LogP contribution in [0.15, 0.2) is 95.2 Å². The molecule has 0 aromatic heterocycles. The van der Waals surface area contributed by atoms with Gasteiger partial charge >= 0.3 is 0 Å². The van der Waals surface area contributed by atoms with E-state index in [1.807, 2.05) is 81.1 Å². The zero-order valence-corrected chi connectivity index (χ0v) is 25.7. The van der Waals surface area contributed by atoms with Gasteiger partial charge in [0, 0.05) is 58.5 Å². The lowest BCUT2D eigenvalue weighted by Gasteiger charge is -2.21. The lowest BCUT2D eigenvalue weighted by Crippen LogP contribution is -2.32. The normalized spacial score (nSPS) is 16.9. The van der Waals surface area contributed by atoms with E-state index in [0.29, 0.717) is 18.9 Å². The Morgan fingerprint density at radius 1 is 1.20 bits per heavy atom. The van der Waals surface area contributed by atoms with Crippen molar-refractivity contribution in [2.45, 2.75) is 31.7 Å². The average Bonchev–Trinajstić information content (AvgIpc) is 3.22. The van der Waals surface area contributed by atoms with E-state index in [1.165, 1.54) is 0 Å². The fourth-order valence-corrected chi connectivity index (χ4v) is 3.38. The van der Waals surface area contributed by atoms with Crippen LogP contribution in [0.1, 0.15) is 26.2 Å². The molecule has 0 aromatic carbocycles. The number of likely N-dealkylation sites (N-methyl/N-ethyl adjacent to an activating group) is 1. The van der Waals surface area contributed by atoms with Gasteiger partial charge in [0.15, 0.2) is 0 Å². The standard InChI is InChI=1S/C31H49ClN6O2/c1-7-12-29(40-26-28-13-8-9-18-35-25-28)16-15-27(2)36-31(38(5)23-24-39-6)17-22-34-21-11-20-33-19-10-14-30(32)37(3)4/h8-13,15-16,18-20,25,28,30,33-34H,2,7,14,17,21-24,26H2,1,3-6H3/b16-15-,19-10+,20-11+,29-12+,36-31?. The smallest absolute Gasteiger partial charge is 0.115 e. The molecule has 0 spiro atoms. The number of nitrogens with one attached hydrogen (secondary N) is 2. The molecule has 40 heavy (non-hydrogen) atoms. The molecule has 8 nitrogen and oxygen atoms in total. The number of hydrogen-bond donors (Lipinski definition) is 2. The Morgan fingerprint density at radius 3 is 2.75 bits per heavy atom.